The molecule has 4 heterocycles. The van der Waals surface area contributed by atoms with E-state index in [1.807, 2.05) is 47.2 Å². The third-order valence-corrected chi connectivity index (χ3v) is 7.32. The highest BCUT2D eigenvalue weighted by atomic mass is 35.5. The number of nitrogens with zero attached hydrogens (tertiary/aromatic N) is 6. The summed E-state index contributed by atoms with van der Waals surface area (Å²) in [5.74, 6) is 0.0176. The van der Waals surface area contributed by atoms with E-state index in [2.05, 4.69) is 15.1 Å². The number of aromatic nitrogens is 3. The van der Waals surface area contributed by atoms with Crippen LogP contribution >= 0.6 is 22.9 Å². The number of thiazole rings is 1. The van der Waals surface area contributed by atoms with Gasteiger partial charge in [-0.05, 0) is 42.7 Å². The predicted octanol–water partition coefficient (Wildman–Crippen LogP) is 6.11. The van der Waals surface area contributed by atoms with Gasteiger partial charge in [0.2, 0.25) is 0 Å². The molecule has 198 valence electrons. The number of benzene rings is 1. The van der Waals surface area contributed by atoms with Crippen molar-refractivity contribution in [3.8, 4) is 0 Å². The Labute approximate surface area is 226 Å². The van der Waals surface area contributed by atoms with Crippen LogP contribution < -0.4 is 5.01 Å². The van der Waals surface area contributed by atoms with Gasteiger partial charge in [0.25, 0.3) is 0 Å². The third kappa shape index (κ3) is 5.68. The van der Waals surface area contributed by atoms with Crippen molar-refractivity contribution in [2.45, 2.75) is 38.9 Å². The molecule has 7 nitrogen and oxygen atoms in total. The number of hydrazone groups is 1. The number of alkyl halides is 3. The van der Waals surface area contributed by atoms with Crippen LogP contribution in [0.4, 0.5) is 18.9 Å². The molecule has 0 aliphatic carbocycles. The van der Waals surface area contributed by atoms with Gasteiger partial charge in [-0.3, -0.25) is 14.2 Å². The number of pyridine rings is 1. The van der Waals surface area contributed by atoms with Crippen LogP contribution in [0.3, 0.4) is 0 Å². The fourth-order valence-electron chi connectivity index (χ4n) is 4.30. The molecule has 0 saturated heterocycles. The van der Waals surface area contributed by atoms with Crippen LogP contribution in [0.2, 0.25) is 5.02 Å². The number of imidazole rings is 1. The molecule has 0 radical (unpaired) electrons. The molecule has 0 saturated carbocycles. The Kier molecular flexibility index (Phi) is 7.40. The van der Waals surface area contributed by atoms with E-state index in [4.69, 9.17) is 11.6 Å². The van der Waals surface area contributed by atoms with Crippen molar-refractivity contribution in [2.24, 2.45) is 5.10 Å². The highest BCUT2D eigenvalue weighted by Crippen LogP contribution is 2.30. The van der Waals surface area contributed by atoms with Gasteiger partial charge in [0.05, 0.1) is 29.5 Å². The number of anilines is 1. The van der Waals surface area contributed by atoms with E-state index >= 15 is 0 Å². The first-order valence-electron chi connectivity index (χ1n) is 12.1. The van der Waals surface area contributed by atoms with E-state index in [-0.39, 0.29) is 12.3 Å². The van der Waals surface area contributed by atoms with Gasteiger partial charge in [-0.2, -0.15) is 18.3 Å². The van der Waals surface area contributed by atoms with Gasteiger partial charge in [-0.1, -0.05) is 30.7 Å². The first-order valence-corrected chi connectivity index (χ1v) is 13.3. The van der Waals surface area contributed by atoms with Crippen LogP contribution in [0, 0.1) is 0 Å². The molecule has 12 heteroatoms. The van der Waals surface area contributed by atoms with Crippen LogP contribution in [-0.2, 0) is 25.6 Å². The standard InChI is InChI=1S/C26H24ClF3N6OS/c1-2-20-25(35-13-18(27)6-10-23(35)32-20)21(37)9-5-17-3-7-19(8-4-17)36-12-11-34(16-31-36)14-24-33-22(15-38-24)26(28,29)30/h3-4,6-8,10,13,15-16H,2,5,9,11-12,14H2,1H3. The van der Waals surface area contributed by atoms with Crippen LogP contribution in [-0.4, -0.2) is 44.5 Å². The summed E-state index contributed by atoms with van der Waals surface area (Å²) in [5.41, 5.74) is 3.12. The first kappa shape index (κ1) is 26.2. The van der Waals surface area contributed by atoms with Crippen molar-refractivity contribution in [1.29, 1.82) is 0 Å². The lowest BCUT2D eigenvalue weighted by molar-refractivity contribution is -0.140. The van der Waals surface area contributed by atoms with E-state index in [0.29, 0.717) is 53.7 Å². The highest BCUT2D eigenvalue weighted by molar-refractivity contribution is 7.09. The number of carbonyl (C=O) groups is 1. The number of aryl methyl sites for hydroxylation is 2. The summed E-state index contributed by atoms with van der Waals surface area (Å²) >= 11 is 7.14. The molecule has 0 amide bonds. The SMILES string of the molecule is CCc1nc2ccc(Cl)cn2c1C(=O)CCc1ccc(N2CCN(Cc3nc(C(F)(F)F)cs3)C=N2)cc1. The van der Waals surface area contributed by atoms with Gasteiger partial charge >= 0.3 is 6.18 Å². The fraction of sp³-hybridized carbons (Fsp3) is 0.308. The third-order valence-electron chi connectivity index (χ3n) is 6.26. The second-order valence-electron chi connectivity index (χ2n) is 8.87. The molecule has 4 aromatic rings. The number of ketones is 1. The molecule has 0 atom stereocenters. The summed E-state index contributed by atoms with van der Waals surface area (Å²) in [6.07, 6.45) is 0.500. The van der Waals surface area contributed by atoms with Crippen molar-refractivity contribution >= 4 is 46.4 Å². The molecule has 0 spiro atoms. The Morgan fingerprint density at radius 2 is 1.89 bits per heavy atom. The van der Waals surface area contributed by atoms with E-state index < -0.39 is 11.9 Å². The second kappa shape index (κ2) is 10.7. The van der Waals surface area contributed by atoms with Gasteiger partial charge in [-0.25, -0.2) is 9.97 Å². The molecule has 0 unspecified atom stereocenters. The van der Waals surface area contributed by atoms with Gasteiger partial charge in [0.1, 0.15) is 22.7 Å². The monoisotopic (exact) mass is 560 g/mol. The maximum atomic E-state index is 13.1. The Balaban J connectivity index is 1.18. The van der Waals surface area contributed by atoms with Crippen molar-refractivity contribution in [3.05, 3.63) is 80.7 Å². The van der Waals surface area contributed by atoms with Crippen molar-refractivity contribution < 1.29 is 18.0 Å². The van der Waals surface area contributed by atoms with E-state index in [0.717, 1.165) is 33.7 Å². The zero-order valence-electron chi connectivity index (χ0n) is 20.5. The molecule has 1 aromatic carbocycles. The number of Topliss-reactive ketones (excluding diaryl/α,β-unsaturated/α-hetero) is 1. The number of carbonyl (C=O) groups excluding carboxylic acids is 1. The summed E-state index contributed by atoms with van der Waals surface area (Å²) in [6, 6.07) is 11.4. The molecule has 0 fully saturated rings. The van der Waals surface area contributed by atoms with E-state index in [1.165, 1.54) is 0 Å². The molecule has 0 bridgehead atoms. The molecule has 1 aliphatic heterocycles. The zero-order valence-corrected chi connectivity index (χ0v) is 22.0. The summed E-state index contributed by atoms with van der Waals surface area (Å²) in [6.45, 7) is 3.44. The first-order chi connectivity index (χ1) is 18.2. The normalized spacial score (nSPS) is 14.0. The predicted molar refractivity (Wildman–Crippen MR) is 142 cm³/mol. The van der Waals surface area contributed by atoms with E-state index in [1.54, 1.807) is 23.0 Å². The average Bonchev–Trinajstić information content (AvgIpc) is 3.52. The van der Waals surface area contributed by atoms with E-state index in [9.17, 15) is 18.0 Å². The molecule has 1 aliphatic rings. The van der Waals surface area contributed by atoms with Crippen molar-refractivity contribution in [2.75, 3.05) is 18.1 Å². The largest absolute Gasteiger partial charge is 0.434 e. The smallest absolute Gasteiger partial charge is 0.353 e. The second-order valence-corrected chi connectivity index (χ2v) is 10.3. The summed E-state index contributed by atoms with van der Waals surface area (Å²) in [7, 11) is 0. The lowest BCUT2D eigenvalue weighted by Gasteiger charge is -2.29. The number of fused-ring (bicyclic) bond motifs is 1. The van der Waals surface area contributed by atoms with Crippen LogP contribution in [0.1, 0.15) is 45.8 Å². The molecular weight excluding hydrogens is 537 g/mol. The number of hydrogen-bond acceptors (Lipinski definition) is 7. The zero-order chi connectivity index (χ0) is 26.9. The minimum atomic E-state index is -4.43. The van der Waals surface area contributed by atoms with Crippen LogP contribution in [0.15, 0.2) is 53.1 Å². The number of halogens is 4. The lowest BCUT2D eigenvalue weighted by atomic mass is 10.0. The average molecular weight is 561 g/mol. The maximum Gasteiger partial charge on any atom is 0.434 e. The Hall–Kier alpha value is -3.44. The van der Waals surface area contributed by atoms with Gasteiger partial charge in [0.15, 0.2) is 11.5 Å². The Bertz CT molecular complexity index is 1480. The van der Waals surface area contributed by atoms with Crippen molar-refractivity contribution in [3.63, 3.8) is 0 Å². The molecular formula is C26H24ClF3N6OS. The molecule has 38 heavy (non-hydrogen) atoms. The molecule has 0 N–H and O–H groups in total. The number of rotatable bonds is 8. The summed E-state index contributed by atoms with van der Waals surface area (Å²) in [5, 5.41) is 8.26. The Morgan fingerprint density at radius 1 is 1.11 bits per heavy atom. The summed E-state index contributed by atoms with van der Waals surface area (Å²) in [4.78, 5) is 23.2. The minimum Gasteiger partial charge on any atom is -0.353 e. The topological polar surface area (TPSA) is 66.1 Å². The number of hydrogen-bond donors (Lipinski definition) is 0. The highest BCUT2D eigenvalue weighted by Gasteiger charge is 2.33. The minimum absolute atomic E-state index is 0.0176. The van der Waals surface area contributed by atoms with Gasteiger partial charge in [0, 0.05) is 24.5 Å². The summed E-state index contributed by atoms with van der Waals surface area (Å²) < 4.78 is 40.1. The molecule has 3 aromatic heterocycles. The van der Waals surface area contributed by atoms with Gasteiger partial charge < -0.3 is 4.90 Å². The Morgan fingerprint density at radius 3 is 2.55 bits per heavy atom. The lowest BCUT2D eigenvalue weighted by Crippen LogP contribution is -2.37. The van der Waals surface area contributed by atoms with Crippen molar-refractivity contribution in [1.82, 2.24) is 19.3 Å². The maximum absolute atomic E-state index is 13.1. The quantitative estimate of drug-likeness (QED) is 0.243. The molecule has 5 rings (SSSR count). The van der Waals surface area contributed by atoms with Crippen LogP contribution in [0.25, 0.3) is 5.65 Å². The van der Waals surface area contributed by atoms with Gasteiger partial charge in [-0.15, -0.1) is 11.3 Å². The fourth-order valence-corrected chi connectivity index (χ4v) is 5.28. The van der Waals surface area contributed by atoms with Crippen LogP contribution in [0.5, 0.6) is 0 Å².